The third-order valence-corrected chi connectivity index (χ3v) is 2.46. The highest BCUT2D eigenvalue weighted by molar-refractivity contribution is 5.62. The average molecular weight is 268 g/mol. The Morgan fingerprint density at radius 3 is 2.68 bits per heavy atom. The van der Waals surface area contributed by atoms with Crippen LogP contribution in [0.1, 0.15) is 18.4 Å². The lowest BCUT2D eigenvalue weighted by Crippen LogP contribution is -2.18. The maximum Gasteiger partial charge on any atom is 0.123 e. The van der Waals surface area contributed by atoms with Gasteiger partial charge in [0.25, 0.3) is 0 Å². The van der Waals surface area contributed by atoms with Crippen LogP contribution in [0.2, 0.25) is 0 Å². The van der Waals surface area contributed by atoms with E-state index < -0.39 is 0 Å². The number of nitrogens with two attached hydrogens (primary N) is 1. The summed E-state index contributed by atoms with van der Waals surface area (Å²) in [6.07, 6.45) is 3.77. The van der Waals surface area contributed by atoms with Crippen molar-refractivity contribution in [2.24, 2.45) is 5.73 Å². The van der Waals surface area contributed by atoms with E-state index in [0.29, 0.717) is 19.8 Å². The molecule has 1 aromatic rings. The Hall–Kier alpha value is -1.43. The second-order valence-electron chi connectivity index (χ2n) is 4.00. The molecule has 1 rings (SSSR count). The van der Waals surface area contributed by atoms with Crippen molar-refractivity contribution in [2.45, 2.75) is 12.8 Å². The first kappa shape index (κ1) is 15.6. The van der Waals surface area contributed by atoms with Crippen molar-refractivity contribution in [1.82, 2.24) is 5.48 Å². The standard InChI is InChI=1S/C14H21FN2O2/c1-18-10-3-2-4-14(17-19-11-9-16)12-5-7-13(15)8-6-12/h4-8,17H,2-3,9-11,16H2,1H3/b14-4-. The van der Waals surface area contributed by atoms with Crippen molar-refractivity contribution < 1.29 is 14.0 Å². The lowest BCUT2D eigenvalue weighted by atomic mass is 10.1. The molecular formula is C14H21FN2O2. The summed E-state index contributed by atoms with van der Waals surface area (Å²) in [7, 11) is 1.67. The summed E-state index contributed by atoms with van der Waals surface area (Å²) in [6, 6.07) is 6.25. The fraction of sp³-hybridized carbons (Fsp3) is 0.429. The largest absolute Gasteiger partial charge is 0.385 e. The molecule has 0 aromatic heterocycles. The van der Waals surface area contributed by atoms with E-state index in [1.54, 1.807) is 19.2 Å². The van der Waals surface area contributed by atoms with Crippen molar-refractivity contribution in [2.75, 3.05) is 26.9 Å². The maximum atomic E-state index is 12.9. The predicted octanol–water partition coefficient (Wildman–Crippen LogP) is 2.07. The number of benzene rings is 1. The lowest BCUT2D eigenvalue weighted by Gasteiger charge is -2.11. The molecule has 0 radical (unpaired) electrons. The molecule has 0 aliphatic carbocycles. The van der Waals surface area contributed by atoms with Gasteiger partial charge in [0, 0.05) is 20.3 Å². The van der Waals surface area contributed by atoms with Gasteiger partial charge in [-0.25, -0.2) is 4.39 Å². The van der Waals surface area contributed by atoms with Crippen molar-refractivity contribution in [3.8, 4) is 0 Å². The number of unbranched alkanes of at least 4 members (excludes halogenated alkanes) is 1. The first-order valence-electron chi connectivity index (χ1n) is 6.31. The third kappa shape index (κ3) is 6.33. The molecule has 0 amide bonds. The number of methoxy groups -OCH3 is 1. The smallest absolute Gasteiger partial charge is 0.123 e. The summed E-state index contributed by atoms with van der Waals surface area (Å²) in [5.41, 5.74) is 9.89. The molecule has 0 saturated heterocycles. The van der Waals surface area contributed by atoms with Crippen LogP contribution in [0.15, 0.2) is 30.3 Å². The van der Waals surface area contributed by atoms with Crippen LogP contribution >= 0.6 is 0 Å². The highest BCUT2D eigenvalue weighted by Crippen LogP contribution is 2.13. The van der Waals surface area contributed by atoms with E-state index in [-0.39, 0.29) is 5.82 Å². The van der Waals surface area contributed by atoms with E-state index in [1.165, 1.54) is 12.1 Å². The summed E-state index contributed by atoms with van der Waals surface area (Å²) < 4.78 is 17.9. The van der Waals surface area contributed by atoms with Crippen LogP contribution in [-0.2, 0) is 9.57 Å². The molecule has 19 heavy (non-hydrogen) atoms. The number of hydrogen-bond acceptors (Lipinski definition) is 4. The summed E-state index contributed by atoms with van der Waals surface area (Å²) >= 11 is 0. The van der Waals surface area contributed by atoms with Crippen molar-refractivity contribution >= 4 is 5.70 Å². The number of hydrogen-bond donors (Lipinski definition) is 2. The number of nitrogens with one attached hydrogen (secondary N) is 1. The zero-order chi connectivity index (χ0) is 13.9. The second kappa shape index (κ2) is 9.49. The summed E-state index contributed by atoms with van der Waals surface area (Å²) in [6.45, 7) is 1.56. The normalized spacial score (nSPS) is 11.6. The minimum Gasteiger partial charge on any atom is -0.385 e. The minimum atomic E-state index is -0.259. The third-order valence-electron chi connectivity index (χ3n) is 2.46. The Labute approximate surface area is 113 Å². The minimum absolute atomic E-state index is 0.259. The fourth-order valence-electron chi connectivity index (χ4n) is 1.51. The van der Waals surface area contributed by atoms with E-state index in [9.17, 15) is 4.39 Å². The molecule has 0 fully saturated rings. The second-order valence-corrected chi connectivity index (χ2v) is 4.00. The Bertz CT molecular complexity index is 380. The summed E-state index contributed by atoms with van der Waals surface area (Å²) in [5, 5.41) is 0. The monoisotopic (exact) mass is 268 g/mol. The molecule has 0 aliphatic heterocycles. The molecule has 0 unspecified atom stereocenters. The molecule has 0 aliphatic rings. The van der Waals surface area contributed by atoms with Crippen LogP contribution in [0.5, 0.6) is 0 Å². The van der Waals surface area contributed by atoms with Gasteiger partial charge in [-0.3, -0.25) is 10.3 Å². The van der Waals surface area contributed by atoms with Crippen LogP contribution in [-0.4, -0.2) is 26.9 Å². The van der Waals surface area contributed by atoms with Gasteiger partial charge in [0.15, 0.2) is 0 Å². The molecule has 4 nitrogen and oxygen atoms in total. The van der Waals surface area contributed by atoms with Crippen molar-refractivity contribution in [1.29, 1.82) is 0 Å². The Morgan fingerprint density at radius 2 is 2.05 bits per heavy atom. The zero-order valence-electron chi connectivity index (χ0n) is 11.2. The SMILES string of the molecule is COCCC/C=C(\NOCCN)c1ccc(F)cc1. The van der Waals surface area contributed by atoms with Gasteiger partial charge in [-0.2, -0.15) is 0 Å². The first-order chi connectivity index (χ1) is 9.27. The predicted molar refractivity (Wildman–Crippen MR) is 73.6 cm³/mol. The molecule has 0 spiro atoms. The van der Waals surface area contributed by atoms with Gasteiger partial charge < -0.3 is 10.5 Å². The molecular weight excluding hydrogens is 247 g/mol. The van der Waals surface area contributed by atoms with Gasteiger partial charge in [-0.1, -0.05) is 6.08 Å². The Morgan fingerprint density at radius 1 is 1.32 bits per heavy atom. The average Bonchev–Trinajstić information content (AvgIpc) is 2.43. The number of allylic oxidation sites excluding steroid dienone is 1. The summed E-state index contributed by atoms with van der Waals surface area (Å²) in [4.78, 5) is 5.22. The van der Waals surface area contributed by atoms with E-state index >= 15 is 0 Å². The molecule has 0 saturated carbocycles. The number of ether oxygens (including phenoxy) is 1. The molecule has 0 heterocycles. The van der Waals surface area contributed by atoms with Crippen molar-refractivity contribution in [3.63, 3.8) is 0 Å². The molecule has 3 N–H and O–H groups in total. The van der Waals surface area contributed by atoms with E-state index in [0.717, 1.165) is 24.1 Å². The van der Waals surface area contributed by atoms with Gasteiger partial charge in [0.1, 0.15) is 5.82 Å². The van der Waals surface area contributed by atoms with Gasteiger partial charge in [-0.15, -0.1) is 0 Å². The molecule has 5 heteroatoms. The van der Waals surface area contributed by atoms with Crippen LogP contribution in [0.3, 0.4) is 0 Å². The quantitative estimate of drug-likeness (QED) is 0.532. The van der Waals surface area contributed by atoms with Crippen LogP contribution in [0.25, 0.3) is 5.70 Å². The van der Waals surface area contributed by atoms with E-state index in [1.807, 2.05) is 6.08 Å². The Balaban J connectivity index is 2.64. The Kier molecular flexibility index (Phi) is 7.81. The van der Waals surface area contributed by atoms with Crippen LogP contribution < -0.4 is 11.2 Å². The fourth-order valence-corrected chi connectivity index (χ4v) is 1.51. The number of halogens is 1. The van der Waals surface area contributed by atoms with Gasteiger partial charge in [-0.05, 0) is 42.7 Å². The topological polar surface area (TPSA) is 56.5 Å². The van der Waals surface area contributed by atoms with Gasteiger partial charge in [0.05, 0.1) is 12.3 Å². The first-order valence-corrected chi connectivity index (χ1v) is 6.31. The van der Waals surface area contributed by atoms with Crippen molar-refractivity contribution in [3.05, 3.63) is 41.7 Å². The lowest BCUT2D eigenvalue weighted by molar-refractivity contribution is 0.0847. The van der Waals surface area contributed by atoms with E-state index in [2.05, 4.69) is 5.48 Å². The number of hydroxylamine groups is 1. The molecule has 106 valence electrons. The van der Waals surface area contributed by atoms with Crippen LogP contribution in [0.4, 0.5) is 4.39 Å². The van der Waals surface area contributed by atoms with Gasteiger partial charge in [0.2, 0.25) is 0 Å². The number of rotatable bonds is 9. The molecule has 1 aromatic carbocycles. The highest BCUT2D eigenvalue weighted by Gasteiger charge is 2.01. The highest BCUT2D eigenvalue weighted by atomic mass is 19.1. The van der Waals surface area contributed by atoms with Crippen LogP contribution in [0, 0.1) is 5.82 Å². The van der Waals surface area contributed by atoms with Gasteiger partial charge >= 0.3 is 0 Å². The zero-order valence-corrected chi connectivity index (χ0v) is 11.2. The molecule has 0 atom stereocenters. The van der Waals surface area contributed by atoms with E-state index in [4.69, 9.17) is 15.3 Å². The summed E-state index contributed by atoms with van der Waals surface area (Å²) in [5.74, 6) is -0.259. The maximum absolute atomic E-state index is 12.9. The molecule has 0 bridgehead atoms.